The molecule has 0 fully saturated rings. The average molecular weight is 494 g/mol. The van der Waals surface area contributed by atoms with Crippen LogP contribution in [0.2, 0.25) is 0 Å². The molecule has 0 saturated carbocycles. The van der Waals surface area contributed by atoms with Gasteiger partial charge in [-0.3, -0.25) is 4.40 Å². The number of para-hydroxylation sites is 1. The summed E-state index contributed by atoms with van der Waals surface area (Å²) >= 11 is 0. The highest BCUT2D eigenvalue weighted by Gasteiger charge is 2.48. The predicted molar refractivity (Wildman–Crippen MR) is 122 cm³/mol. The SMILES string of the molecule is CN(C)CCCOc1ccc(-c2ccc3nc4cccc(OS(=O)(=O)C(F)(F)F)c4n3c2)cc1. The maximum atomic E-state index is 12.9. The van der Waals surface area contributed by atoms with Crippen molar-refractivity contribution >= 4 is 26.8 Å². The van der Waals surface area contributed by atoms with E-state index >= 15 is 0 Å². The lowest BCUT2D eigenvalue weighted by Crippen LogP contribution is -2.28. The zero-order valence-electron chi connectivity index (χ0n) is 18.4. The number of ether oxygens (including phenoxy) is 1. The molecule has 0 radical (unpaired) electrons. The maximum absolute atomic E-state index is 12.9. The van der Waals surface area contributed by atoms with Gasteiger partial charge in [-0.15, -0.1) is 0 Å². The highest BCUT2D eigenvalue weighted by Crippen LogP contribution is 2.33. The molecular formula is C23H22F3N3O4S. The van der Waals surface area contributed by atoms with Crippen molar-refractivity contribution in [1.82, 2.24) is 14.3 Å². The summed E-state index contributed by atoms with van der Waals surface area (Å²) < 4.78 is 73.4. The zero-order chi connectivity index (χ0) is 24.5. The van der Waals surface area contributed by atoms with Gasteiger partial charge in [0, 0.05) is 12.7 Å². The first-order chi connectivity index (χ1) is 16.0. The molecule has 180 valence electrons. The van der Waals surface area contributed by atoms with Gasteiger partial charge < -0.3 is 13.8 Å². The number of benzene rings is 2. The molecular weight excluding hydrogens is 471 g/mol. The van der Waals surface area contributed by atoms with Crippen molar-refractivity contribution in [1.29, 1.82) is 0 Å². The summed E-state index contributed by atoms with van der Waals surface area (Å²) in [6.07, 6.45) is 2.57. The van der Waals surface area contributed by atoms with Gasteiger partial charge in [-0.1, -0.05) is 18.2 Å². The fraction of sp³-hybridized carbons (Fsp3) is 0.261. The molecule has 0 atom stereocenters. The molecule has 2 aromatic heterocycles. The minimum absolute atomic E-state index is 0.119. The number of hydrogen-bond donors (Lipinski definition) is 0. The highest BCUT2D eigenvalue weighted by molar-refractivity contribution is 7.88. The second-order valence-corrected chi connectivity index (χ2v) is 9.43. The smallest absolute Gasteiger partial charge is 0.494 e. The summed E-state index contributed by atoms with van der Waals surface area (Å²) in [6, 6.07) is 15.0. The van der Waals surface area contributed by atoms with Gasteiger partial charge in [0.2, 0.25) is 0 Å². The molecule has 0 aliphatic carbocycles. The Balaban J connectivity index is 1.65. The van der Waals surface area contributed by atoms with Crippen molar-refractivity contribution in [3.8, 4) is 22.6 Å². The van der Waals surface area contributed by atoms with E-state index in [1.165, 1.54) is 10.5 Å². The number of halogens is 3. The van der Waals surface area contributed by atoms with Crippen LogP contribution in [0.3, 0.4) is 0 Å². The van der Waals surface area contributed by atoms with E-state index in [0.717, 1.165) is 35.9 Å². The summed E-state index contributed by atoms with van der Waals surface area (Å²) in [4.78, 5) is 6.44. The van der Waals surface area contributed by atoms with Gasteiger partial charge in [0.05, 0.1) is 12.1 Å². The Morgan fingerprint density at radius 2 is 1.71 bits per heavy atom. The van der Waals surface area contributed by atoms with Gasteiger partial charge in [0.25, 0.3) is 0 Å². The number of nitrogens with zero attached hydrogens (tertiary/aromatic N) is 3. The second-order valence-electron chi connectivity index (χ2n) is 7.89. The third-order valence-corrected chi connectivity index (χ3v) is 6.04. The van der Waals surface area contributed by atoms with Crippen LogP contribution in [0, 0.1) is 0 Å². The molecule has 0 N–H and O–H groups in total. The fourth-order valence-electron chi connectivity index (χ4n) is 3.45. The van der Waals surface area contributed by atoms with E-state index in [1.807, 2.05) is 44.4 Å². The predicted octanol–water partition coefficient (Wildman–Crippen LogP) is 4.71. The molecule has 0 aliphatic heterocycles. The molecule has 11 heteroatoms. The lowest BCUT2D eigenvalue weighted by molar-refractivity contribution is -0.0499. The van der Waals surface area contributed by atoms with Crippen molar-refractivity contribution in [2.75, 3.05) is 27.2 Å². The normalized spacial score (nSPS) is 12.5. The molecule has 4 rings (SSSR count). The van der Waals surface area contributed by atoms with Crippen LogP contribution in [0.25, 0.3) is 27.8 Å². The average Bonchev–Trinajstić information content (AvgIpc) is 3.15. The van der Waals surface area contributed by atoms with E-state index in [4.69, 9.17) is 4.74 Å². The summed E-state index contributed by atoms with van der Waals surface area (Å²) in [5, 5.41) is 0. The first-order valence-electron chi connectivity index (χ1n) is 10.3. The van der Waals surface area contributed by atoms with Crippen LogP contribution in [0.5, 0.6) is 11.5 Å². The third-order valence-electron chi connectivity index (χ3n) is 5.07. The van der Waals surface area contributed by atoms with Crippen LogP contribution >= 0.6 is 0 Å². The van der Waals surface area contributed by atoms with Crippen LogP contribution in [-0.4, -0.2) is 55.5 Å². The first kappa shape index (κ1) is 23.8. The Bertz CT molecular complexity index is 1420. The van der Waals surface area contributed by atoms with Gasteiger partial charge >= 0.3 is 15.6 Å². The van der Waals surface area contributed by atoms with Gasteiger partial charge in [-0.25, -0.2) is 4.98 Å². The Morgan fingerprint density at radius 3 is 2.38 bits per heavy atom. The highest BCUT2D eigenvalue weighted by atomic mass is 32.2. The number of alkyl halides is 3. The minimum atomic E-state index is -5.83. The molecule has 0 aliphatic rings. The number of imidazole rings is 1. The molecule has 7 nitrogen and oxygen atoms in total. The number of aromatic nitrogens is 2. The van der Waals surface area contributed by atoms with Crippen LogP contribution in [0.15, 0.2) is 60.8 Å². The number of fused-ring (bicyclic) bond motifs is 3. The van der Waals surface area contributed by atoms with Gasteiger partial charge in [-0.2, -0.15) is 21.6 Å². The maximum Gasteiger partial charge on any atom is 0.534 e. The van der Waals surface area contributed by atoms with Crippen molar-refractivity contribution in [2.24, 2.45) is 0 Å². The monoisotopic (exact) mass is 493 g/mol. The van der Waals surface area contributed by atoms with E-state index in [-0.39, 0.29) is 5.52 Å². The van der Waals surface area contributed by atoms with Crippen molar-refractivity contribution in [3.63, 3.8) is 0 Å². The Kier molecular flexibility index (Phi) is 6.41. The van der Waals surface area contributed by atoms with E-state index in [2.05, 4.69) is 14.1 Å². The van der Waals surface area contributed by atoms with Crippen LogP contribution in [0.4, 0.5) is 13.2 Å². The Labute approximate surface area is 194 Å². The van der Waals surface area contributed by atoms with Gasteiger partial charge in [-0.05, 0) is 68.0 Å². The number of hydrogen-bond acceptors (Lipinski definition) is 6. The van der Waals surface area contributed by atoms with Gasteiger partial charge in [0.1, 0.15) is 16.9 Å². The van der Waals surface area contributed by atoms with E-state index in [1.54, 1.807) is 18.3 Å². The van der Waals surface area contributed by atoms with E-state index in [9.17, 15) is 21.6 Å². The largest absolute Gasteiger partial charge is 0.534 e. The second kappa shape index (κ2) is 9.15. The van der Waals surface area contributed by atoms with Crippen molar-refractivity contribution in [2.45, 2.75) is 11.9 Å². The molecule has 34 heavy (non-hydrogen) atoms. The zero-order valence-corrected chi connectivity index (χ0v) is 19.2. The van der Waals surface area contributed by atoms with Crippen molar-refractivity contribution < 1.29 is 30.5 Å². The summed E-state index contributed by atoms with van der Waals surface area (Å²) in [5.41, 5.74) is -3.11. The minimum Gasteiger partial charge on any atom is -0.494 e. The Morgan fingerprint density at radius 1 is 1.00 bits per heavy atom. The molecule has 0 saturated heterocycles. The summed E-state index contributed by atoms with van der Waals surface area (Å²) in [6.45, 7) is 1.51. The van der Waals surface area contributed by atoms with E-state index < -0.39 is 21.4 Å². The lowest BCUT2D eigenvalue weighted by Gasteiger charge is -2.11. The Hall–Kier alpha value is -3.31. The van der Waals surface area contributed by atoms with Crippen LogP contribution in [-0.2, 0) is 10.1 Å². The van der Waals surface area contributed by atoms with Crippen molar-refractivity contribution in [3.05, 3.63) is 60.8 Å². The number of pyridine rings is 1. The molecule has 0 amide bonds. The topological polar surface area (TPSA) is 73.1 Å². The molecule has 4 aromatic rings. The summed E-state index contributed by atoms with van der Waals surface area (Å²) in [7, 11) is -1.83. The molecule has 0 spiro atoms. The fourth-order valence-corrected chi connectivity index (χ4v) is 3.91. The van der Waals surface area contributed by atoms with E-state index in [0.29, 0.717) is 17.8 Å². The third kappa shape index (κ3) is 4.95. The summed E-state index contributed by atoms with van der Waals surface area (Å²) in [5.74, 6) is 0.269. The quantitative estimate of drug-likeness (QED) is 0.201. The first-order valence-corrected chi connectivity index (χ1v) is 11.8. The molecule has 0 unspecified atom stereocenters. The molecule has 2 heterocycles. The molecule has 0 bridgehead atoms. The number of rotatable bonds is 8. The van der Waals surface area contributed by atoms with Gasteiger partial charge in [0.15, 0.2) is 5.75 Å². The van der Waals surface area contributed by atoms with Crippen LogP contribution < -0.4 is 8.92 Å². The van der Waals surface area contributed by atoms with Crippen LogP contribution in [0.1, 0.15) is 6.42 Å². The standard InChI is InChI=1S/C23H22F3N3O4S/c1-28(2)13-4-14-32-18-10-7-16(8-11-18)17-9-12-21-27-19-5-3-6-20(22(19)29(21)15-17)33-34(30,31)23(24,25)26/h3,5-12,15H,4,13-14H2,1-2H3. The molecule has 2 aromatic carbocycles. The lowest BCUT2D eigenvalue weighted by atomic mass is 10.1.